The monoisotopic (exact) mass is 451 g/mol. The molecule has 174 valence electrons. The van der Waals surface area contributed by atoms with E-state index in [1.54, 1.807) is 25.8 Å². The Labute approximate surface area is 177 Å². The third-order valence-electron chi connectivity index (χ3n) is 6.50. The summed E-state index contributed by atoms with van der Waals surface area (Å²) in [5.41, 5.74) is -3.29. The summed E-state index contributed by atoms with van der Waals surface area (Å²) < 4.78 is 73.8. The first kappa shape index (κ1) is 25.0. The van der Waals surface area contributed by atoms with Gasteiger partial charge in [0.05, 0.1) is 11.1 Å². The van der Waals surface area contributed by atoms with Gasteiger partial charge in [-0.05, 0) is 26.7 Å². The van der Waals surface area contributed by atoms with Crippen LogP contribution in [-0.2, 0) is 14.4 Å². The Morgan fingerprint density at radius 1 is 0.968 bits per heavy atom. The predicted octanol–water partition coefficient (Wildman–Crippen LogP) is 5.06. The van der Waals surface area contributed by atoms with Crippen molar-refractivity contribution in [3.63, 3.8) is 0 Å². The largest absolute Gasteiger partial charge is 0.458 e. The molecule has 4 atom stereocenters. The molecule has 0 amide bonds. The van der Waals surface area contributed by atoms with Crippen LogP contribution in [0.5, 0.6) is 0 Å². The van der Waals surface area contributed by atoms with E-state index in [0.29, 0.717) is 12.8 Å². The van der Waals surface area contributed by atoms with Gasteiger partial charge < -0.3 is 9.57 Å². The number of esters is 1. The second-order valence-electron chi connectivity index (χ2n) is 8.32. The minimum absolute atomic E-state index is 0.106. The zero-order chi connectivity index (χ0) is 23.9. The van der Waals surface area contributed by atoms with Gasteiger partial charge in [0.15, 0.2) is 23.3 Å². The Hall–Kier alpha value is -2.23. The van der Waals surface area contributed by atoms with E-state index >= 15 is 0 Å². The van der Waals surface area contributed by atoms with E-state index in [1.807, 2.05) is 13.8 Å². The van der Waals surface area contributed by atoms with Crippen LogP contribution in [0.3, 0.4) is 0 Å². The Morgan fingerprint density at radius 2 is 1.45 bits per heavy atom. The first-order valence-corrected chi connectivity index (χ1v) is 9.96. The number of hydrogen-bond donors (Lipinski definition) is 0. The van der Waals surface area contributed by atoms with Crippen molar-refractivity contribution in [1.29, 1.82) is 0 Å². The van der Waals surface area contributed by atoms with Gasteiger partial charge in [-0.15, -0.1) is 5.06 Å². The first-order chi connectivity index (χ1) is 14.2. The van der Waals surface area contributed by atoms with Gasteiger partial charge >= 0.3 is 11.9 Å². The standard InChI is InChI=1S/C21H26F5NO4/c1-7-20(5)9-12(10(3)21(6,8-2)27(20)31-11(4)28)30-19(29)13-14(22)16(24)18(26)17(25)15(13)23/h10,12H,7-9H2,1-6H3. The number of halogens is 5. The fourth-order valence-electron chi connectivity index (χ4n) is 4.12. The molecule has 10 heteroatoms. The molecule has 4 unspecified atom stereocenters. The molecule has 0 aromatic heterocycles. The molecule has 5 nitrogen and oxygen atoms in total. The maximum absolute atomic E-state index is 14.1. The lowest BCUT2D eigenvalue weighted by Crippen LogP contribution is -2.68. The average Bonchev–Trinajstić information content (AvgIpc) is 2.72. The van der Waals surface area contributed by atoms with Crippen LogP contribution in [0.15, 0.2) is 0 Å². The molecule has 1 aromatic rings. The number of hydroxylamine groups is 2. The van der Waals surface area contributed by atoms with Crippen molar-refractivity contribution in [1.82, 2.24) is 5.06 Å². The number of ether oxygens (including phenoxy) is 1. The van der Waals surface area contributed by atoms with Crippen LogP contribution in [-0.4, -0.2) is 34.2 Å². The highest BCUT2D eigenvalue weighted by Gasteiger charge is 2.56. The highest BCUT2D eigenvalue weighted by atomic mass is 19.2. The molecule has 0 N–H and O–H groups in total. The summed E-state index contributed by atoms with van der Waals surface area (Å²) in [6.07, 6.45) is 0.0748. The third kappa shape index (κ3) is 4.14. The molecule has 0 saturated carbocycles. The van der Waals surface area contributed by atoms with Crippen molar-refractivity contribution < 1.29 is 41.1 Å². The lowest BCUT2D eigenvalue weighted by atomic mass is 9.69. The van der Waals surface area contributed by atoms with Crippen LogP contribution in [0, 0.1) is 35.0 Å². The third-order valence-corrected chi connectivity index (χ3v) is 6.50. The Balaban J connectivity index is 2.47. The Kier molecular flexibility index (Phi) is 7.04. The number of piperidine rings is 1. The lowest BCUT2D eigenvalue weighted by molar-refractivity contribution is -0.298. The molecule has 2 rings (SSSR count). The van der Waals surface area contributed by atoms with Crippen molar-refractivity contribution >= 4 is 11.9 Å². The number of carbonyl (C=O) groups is 2. The van der Waals surface area contributed by atoms with Crippen LogP contribution >= 0.6 is 0 Å². The molecule has 1 fully saturated rings. The van der Waals surface area contributed by atoms with E-state index in [4.69, 9.17) is 9.57 Å². The minimum atomic E-state index is -2.35. The summed E-state index contributed by atoms with van der Waals surface area (Å²) in [5.74, 6) is -14.0. The van der Waals surface area contributed by atoms with Gasteiger partial charge in [-0.25, -0.2) is 26.7 Å². The molecular formula is C21H26F5NO4. The van der Waals surface area contributed by atoms with Gasteiger partial charge in [0.1, 0.15) is 11.7 Å². The van der Waals surface area contributed by atoms with Gasteiger partial charge in [0, 0.05) is 19.3 Å². The van der Waals surface area contributed by atoms with E-state index < -0.39 is 69.7 Å². The van der Waals surface area contributed by atoms with Gasteiger partial charge in [-0.1, -0.05) is 20.8 Å². The molecule has 31 heavy (non-hydrogen) atoms. The normalized spacial score (nSPS) is 29.0. The highest BCUT2D eigenvalue weighted by molar-refractivity contribution is 5.90. The van der Waals surface area contributed by atoms with Crippen molar-refractivity contribution in [2.24, 2.45) is 5.92 Å². The second-order valence-corrected chi connectivity index (χ2v) is 8.32. The molecule has 0 radical (unpaired) electrons. The van der Waals surface area contributed by atoms with E-state index in [2.05, 4.69) is 0 Å². The summed E-state index contributed by atoms with van der Waals surface area (Å²) in [5, 5.41) is 1.57. The molecule has 1 aliphatic heterocycles. The minimum Gasteiger partial charge on any atom is -0.458 e. The summed E-state index contributed by atoms with van der Waals surface area (Å²) in [6.45, 7) is 10.2. The van der Waals surface area contributed by atoms with Crippen LogP contribution in [0.2, 0.25) is 0 Å². The van der Waals surface area contributed by atoms with Crippen molar-refractivity contribution in [3.8, 4) is 0 Å². The van der Waals surface area contributed by atoms with Crippen molar-refractivity contribution in [3.05, 3.63) is 34.6 Å². The summed E-state index contributed by atoms with van der Waals surface area (Å²) in [4.78, 5) is 29.7. The van der Waals surface area contributed by atoms with Crippen LogP contribution in [0.1, 0.15) is 71.2 Å². The maximum atomic E-state index is 14.1. The number of hydrogen-bond acceptors (Lipinski definition) is 5. The summed E-state index contributed by atoms with van der Waals surface area (Å²) in [7, 11) is 0. The summed E-state index contributed by atoms with van der Waals surface area (Å²) >= 11 is 0. The van der Waals surface area contributed by atoms with E-state index in [-0.39, 0.29) is 6.42 Å². The first-order valence-electron chi connectivity index (χ1n) is 9.96. The number of nitrogens with zero attached hydrogens (tertiary/aromatic N) is 1. The second kappa shape index (κ2) is 8.72. The topological polar surface area (TPSA) is 55.8 Å². The van der Waals surface area contributed by atoms with Gasteiger partial charge in [0.2, 0.25) is 5.82 Å². The zero-order valence-corrected chi connectivity index (χ0v) is 18.2. The van der Waals surface area contributed by atoms with Crippen LogP contribution in [0.4, 0.5) is 22.0 Å². The fraction of sp³-hybridized carbons (Fsp3) is 0.619. The van der Waals surface area contributed by atoms with Gasteiger partial charge in [-0.3, -0.25) is 4.79 Å². The number of rotatable bonds is 5. The van der Waals surface area contributed by atoms with Crippen molar-refractivity contribution in [2.75, 3.05) is 0 Å². The fourth-order valence-corrected chi connectivity index (χ4v) is 4.12. The average molecular weight is 451 g/mol. The smallest absolute Gasteiger partial charge is 0.344 e. The molecule has 1 heterocycles. The highest BCUT2D eigenvalue weighted by Crippen LogP contribution is 2.47. The van der Waals surface area contributed by atoms with Crippen LogP contribution in [0.25, 0.3) is 0 Å². The van der Waals surface area contributed by atoms with E-state index in [9.17, 15) is 31.5 Å². The lowest BCUT2D eigenvalue weighted by Gasteiger charge is -2.57. The SMILES string of the molecule is CCC1(C)CC(OC(=O)c2c(F)c(F)c(F)c(F)c2F)C(C)C(C)(CC)N1OC(C)=O. The molecule has 0 aliphatic carbocycles. The Morgan fingerprint density at radius 3 is 1.87 bits per heavy atom. The van der Waals surface area contributed by atoms with Gasteiger partial charge in [0.25, 0.3) is 0 Å². The molecule has 1 aromatic carbocycles. The van der Waals surface area contributed by atoms with Gasteiger partial charge in [-0.2, -0.15) is 0 Å². The van der Waals surface area contributed by atoms with E-state index in [0.717, 1.165) is 0 Å². The predicted molar refractivity (Wildman–Crippen MR) is 100 cm³/mol. The van der Waals surface area contributed by atoms with E-state index in [1.165, 1.54) is 6.92 Å². The van der Waals surface area contributed by atoms with Crippen LogP contribution < -0.4 is 0 Å². The summed E-state index contributed by atoms with van der Waals surface area (Å²) in [6, 6.07) is 0. The number of benzene rings is 1. The molecular weight excluding hydrogens is 425 g/mol. The van der Waals surface area contributed by atoms with Crippen molar-refractivity contribution in [2.45, 2.75) is 78.0 Å². The molecule has 0 bridgehead atoms. The Bertz CT molecular complexity index is 866. The quantitative estimate of drug-likeness (QED) is 0.271. The number of carbonyl (C=O) groups excluding carboxylic acids is 2. The molecule has 0 spiro atoms. The molecule has 1 aliphatic rings. The molecule has 1 saturated heterocycles. The maximum Gasteiger partial charge on any atom is 0.344 e. The zero-order valence-electron chi connectivity index (χ0n) is 18.2.